The third kappa shape index (κ3) is 1.98. The Morgan fingerprint density at radius 1 is 1.30 bits per heavy atom. The molecule has 0 bridgehead atoms. The van der Waals surface area contributed by atoms with E-state index in [2.05, 4.69) is 4.98 Å². The Morgan fingerprint density at radius 2 is 2.10 bits per heavy atom. The van der Waals surface area contributed by atoms with E-state index in [4.69, 9.17) is 11.5 Å². The van der Waals surface area contributed by atoms with E-state index in [1.165, 1.54) is 11.3 Å². The van der Waals surface area contributed by atoms with Gasteiger partial charge < -0.3 is 11.5 Å². The Balaban J connectivity index is 2.10. The van der Waals surface area contributed by atoms with Gasteiger partial charge >= 0.3 is 0 Å². The van der Waals surface area contributed by atoms with Crippen LogP contribution in [0.5, 0.6) is 0 Å². The molecule has 0 saturated heterocycles. The van der Waals surface area contributed by atoms with Gasteiger partial charge in [0.25, 0.3) is 0 Å². The van der Waals surface area contributed by atoms with Crippen LogP contribution in [-0.2, 0) is 11.2 Å². The van der Waals surface area contributed by atoms with Crippen molar-refractivity contribution in [1.29, 1.82) is 0 Å². The van der Waals surface area contributed by atoms with E-state index in [1.807, 2.05) is 11.4 Å². The first-order chi connectivity index (χ1) is 9.58. The number of amides is 2. The minimum Gasteiger partial charge on any atom is -0.369 e. The van der Waals surface area contributed by atoms with Crippen molar-refractivity contribution in [2.24, 2.45) is 17.4 Å². The lowest BCUT2D eigenvalue weighted by molar-refractivity contribution is -0.121. The van der Waals surface area contributed by atoms with Gasteiger partial charge in [-0.1, -0.05) is 6.07 Å². The average molecular weight is 287 g/mol. The zero-order valence-corrected chi connectivity index (χ0v) is 11.4. The van der Waals surface area contributed by atoms with Gasteiger partial charge in [-0.2, -0.15) is 0 Å². The second kappa shape index (κ2) is 4.72. The number of hydrogen-bond donors (Lipinski definition) is 2. The highest BCUT2D eigenvalue weighted by atomic mass is 32.1. The summed E-state index contributed by atoms with van der Waals surface area (Å²) in [6.45, 7) is 0. The molecule has 20 heavy (non-hydrogen) atoms. The first kappa shape index (κ1) is 12.8. The van der Waals surface area contributed by atoms with Crippen molar-refractivity contribution in [2.75, 3.05) is 0 Å². The number of nitrogens with zero attached hydrogens (tertiary/aromatic N) is 1. The van der Waals surface area contributed by atoms with Gasteiger partial charge in [0, 0.05) is 23.1 Å². The molecule has 0 saturated carbocycles. The van der Waals surface area contributed by atoms with Crippen molar-refractivity contribution < 1.29 is 9.59 Å². The first-order valence-corrected chi connectivity index (χ1v) is 7.07. The van der Waals surface area contributed by atoms with Crippen LogP contribution in [-0.4, -0.2) is 16.8 Å². The Bertz CT molecular complexity index is 682. The van der Waals surface area contributed by atoms with Crippen molar-refractivity contribution in [3.05, 3.63) is 51.5 Å². The van der Waals surface area contributed by atoms with Crippen molar-refractivity contribution in [1.82, 2.24) is 4.98 Å². The summed E-state index contributed by atoms with van der Waals surface area (Å²) in [5, 5.41) is 2.75. The maximum Gasteiger partial charge on any atom is 0.248 e. The highest BCUT2D eigenvalue weighted by Crippen LogP contribution is 2.43. The monoisotopic (exact) mass is 287 g/mol. The molecule has 2 unspecified atom stereocenters. The van der Waals surface area contributed by atoms with Crippen LogP contribution in [0.3, 0.4) is 0 Å². The van der Waals surface area contributed by atoms with E-state index >= 15 is 0 Å². The smallest absolute Gasteiger partial charge is 0.248 e. The van der Waals surface area contributed by atoms with Gasteiger partial charge in [-0.25, -0.2) is 4.98 Å². The number of nitrogens with two attached hydrogens (primary N) is 2. The molecule has 4 N–H and O–H groups in total. The highest BCUT2D eigenvalue weighted by molar-refractivity contribution is 7.09. The molecule has 2 amide bonds. The maximum atomic E-state index is 11.7. The molecule has 1 aliphatic rings. The van der Waals surface area contributed by atoms with Crippen LogP contribution in [0.4, 0.5) is 0 Å². The van der Waals surface area contributed by atoms with Crippen LogP contribution in [0.1, 0.15) is 32.4 Å². The largest absolute Gasteiger partial charge is 0.369 e. The van der Waals surface area contributed by atoms with Gasteiger partial charge in [0.15, 0.2) is 0 Å². The summed E-state index contributed by atoms with van der Waals surface area (Å²) >= 11 is 1.50. The molecule has 5 nitrogen and oxygen atoms in total. The molecule has 2 aromatic rings. The molecule has 0 aliphatic heterocycles. The van der Waals surface area contributed by atoms with Crippen molar-refractivity contribution in [3.63, 3.8) is 0 Å². The average Bonchev–Trinajstić information content (AvgIpc) is 3.03. The summed E-state index contributed by atoms with van der Waals surface area (Å²) in [5.74, 6) is -1.26. The summed E-state index contributed by atoms with van der Waals surface area (Å²) in [6, 6.07) is 5.29. The summed E-state index contributed by atoms with van der Waals surface area (Å²) in [7, 11) is 0. The number of fused-ring (bicyclic) bond motifs is 1. The molecule has 0 fully saturated rings. The third-order valence-electron chi connectivity index (χ3n) is 3.69. The number of carbonyl (C=O) groups excluding carboxylic acids is 2. The molecule has 1 aromatic carbocycles. The number of aromatic nitrogens is 1. The molecule has 1 aliphatic carbocycles. The van der Waals surface area contributed by atoms with E-state index in [-0.39, 0.29) is 17.7 Å². The van der Waals surface area contributed by atoms with Crippen LogP contribution in [0.2, 0.25) is 0 Å². The fraction of sp³-hybridized carbons (Fsp3) is 0.214. The van der Waals surface area contributed by atoms with E-state index in [9.17, 15) is 9.59 Å². The summed E-state index contributed by atoms with van der Waals surface area (Å²) < 4.78 is 0. The summed E-state index contributed by atoms with van der Waals surface area (Å²) in [5.41, 5.74) is 13.2. The van der Waals surface area contributed by atoms with Crippen LogP contribution < -0.4 is 11.5 Å². The Hall–Kier alpha value is -2.21. The first-order valence-electron chi connectivity index (χ1n) is 6.19. The topological polar surface area (TPSA) is 99.1 Å². The van der Waals surface area contributed by atoms with Gasteiger partial charge in [-0.15, -0.1) is 11.3 Å². The molecule has 1 aromatic heterocycles. The van der Waals surface area contributed by atoms with Crippen LogP contribution >= 0.6 is 11.3 Å². The lowest BCUT2D eigenvalue weighted by Crippen LogP contribution is -2.27. The van der Waals surface area contributed by atoms with Gasteiger partial charge in [-0.3, -0.25) is 9.59 Å². The Kier molecular flexibility index (Phi) is 3.02. The zero-order chi connectivity index (χ0) is 14.3. The Labute approximate surface area is 119 Å². The van der Waals surface area contributed by atoms with Crippen molar-refractivity contribution in [2.45, 2.75) is 12.3 Å². The maximum absolute atomic E-state index is 11.7. The van der Waals surface area contributed by atoms with E-state index in [0.29, 0.717) is 12.0 Å². The number of thiazole rings is 1. The molecule has 1 heterocycles. The van der Waals surface area contributed by atoms with E-state index < -0.39 is 5.91 Å². The summed E-state index contributed by atoms with van der Waals surface area (Å²) in [6.07, 6.45) is 2.24. The fourth-order valence-electron chi connectivity index (χ4n) is 2.77. The lowest BCUT2D eigenvalue weighted by atomic mass is 9.92. The number of rotatable bonds is 3. The van der Waals surface area contributed by atoms with Gasteiger partial charge in [0.1, 0.15) is 5.01 Å². The molecule has 0 spiro atoms. The van der Waals surface area contributed by atoms with Gasteiger partial charge in [-0.05, 0) is 29.7 Å². The number of primary amides is 2. The second-order valence-electron chi connectivity index (χ2n) is 4.84. The standard InChI is InChI=1S/C14H13N3O2S/c15-12(18)7-1-2-9-8(5-7)6-10(13(16)19)11(9)14-17-3-4-20-14/h1-5,10-11H,6H2,(H2,15,18)(H2,16,19). The Morgan fingerprint density at radius 3 is 2.70 bits per heavy atom. The number of hydrogen-bond acceptors (Lipinski definition) is 4. The number of carbonyl (C=O) groups is 2. The number of benzene rings is 1. The molecular formula is C14H13N3O2S. The quantitative estimate of drug-likeness (QED) is 0.882. The predicted molar refractivity (Wildman–Crippen MR) is 75.3 cm³/mol. The minimum atomic E-state index is -0.471. The van der Waals surface area contributed by atoms with Gasteiger partial charge in [0.05, 0.1) is 5.92 Å². The second-order valence-corrected chi connectivity index (χ2v) is 5.76. The molecule has 0 radical (unpaired) electrons. The van der Waals surface area contributed by atoms with Crippen molar-refractivity contribution >= 4 is 23.2 Å². The third-order valence-corrected chi connectivity index (χ3v) is 4.55. The molecule has 6 heteroatoms. The molecule has 3 rings (SSSR count). The van der Waals surface area contributed by atoms with Crippen molar-refractivity contribution in [3.8, 4) is 0 Å². The molecule has 102 valence electrons. The normalized spacial score (nSPS) is 20.6. The fourth-order valence-corrected chi connectivity index (χ4v) is 3.59. The molecular weight excluding hydrogens is 274 g/mol. The summed E-state index contributed by atoms with van der Waals surface area (Å²) in [4.78, 5) is 27.3. The predicted octanol–water partition coefficient (Wildman–Crippen LogP) is 1.03. The van der Waals surface area contributed by atoms with Crippen LogP contribution in [0.25, 0.3) is 0 Å². The minimum absolute atomic E-state index is 0.121. The lowest BCUT2D eigenvalue weighted by Gasteiger charge is -2.15. The molecule has 2 atom stereocenters. The van der Waals surface area contributed by atoms with Gasteiger partial charge in [0.2, 0.25) is 11.8 Å². The van der Waals surface area contributed by atoms with Crippen LogP contribution in [0, 0.1) is 5.92 Å². The SMILES string of the molecule is NC(=O)c1ccc2c(c1)CC(C(N)=O)C2c1nccs1. The highest BCUT2D eigenvalue weighted by Gasteiger charge is 2.38. The van der Waals surface area contributed by atoms with Crippen LogP contribution in [0.15, 0.2) is 29.8 Å². The zero-order valence-electron chi connectivity index (χ0n) is 10.6. The van der Waals surface area contributed by atoms with E-state index in [1.54, 1.807) is 18.3 Å². The van der Waals surface area contributed by atoms with E-state index in [0.717, 1.165) is 16.1 Å².